The zero-order valence-electron chi connectivity index (χ0n) is 19.3. The zero-order chi connectivity index (χ0) is 24.2. The average Bonchev–Trinajstić information content (AvgIpc) is 3.25. The van der Waals surface area contributed by atoms with E-state index in [-0.39, 0.29) is 25.7 Å². The van der Waals surface area contributed by atoms with Crippen LogP contribution >= 0.6 is 0 Å². The van der Waals surface area contributed by atoms with Crippen LogP contribution < -0.4 is 9.47 Å². The van der Waals surface area contributed by atoms with Crippen molar-refractivity contribution in [1.82, 2.24) is 4.90 Å². The SMILES string of the molecule is C=CCOC(=O)N(C)CC(OC(=O)C(C)(C)C)C1(c2ccc3c(c2)OCO3)C=CC(=O)C=C1. The third-order valence-corrected chi connectivity index (χ3v) is 5.39. The van der Waals surface area contributed by atoms with Crippen molar-refractivity contribution >= 4 is 17.8 Å². The Balaban J connectivity index is 2.05. The molecule has 0 saturated heterocycles. The van der Waals surface area contributed by atoms with Gasteiger partial charge in [0.05, 0.1) is 17.4 Å². The molecule has 0 N–H and O–H groups in total. The largest absolute Gasteiger partial charge is 0.458 e. The molecule has 0 aromatic heterocycles. The number of ether oxygens (including phenoxy) is 4. The van der Waals surface area contributed by atoms with Gasteiger partial charge >= 0.3 is 12.1 Å². The molecule has 1 aliphatic heterocycles. The van der Waals surface area contributed by atoms with Crippen molar-refractivity contribution in [2.24, 2.45) is 5.41 Å². The summed E-state index contributed by atoms with van der Waals surface area (Å²) in [4.78, 5) is 38.7. The summed E-state index contributed by atoms with van der Waals surface area (Å²) in [7, 11) is 1.55. The molecular weight excluding hydrogens is 426 g/mol. The molecule has 33 heavy (non-hydrogen) atoms. The molecule has 1 aromatic carbocycles. The minimum Gasteiger partial charge on any atom is -0.458 e. The third kappa shape index (κ3) is 5.27. The van der Waals surface area contributed by atoms with Gasteiger partial charge < -0.3 is 23.8 Å². The molecule has 0 spiro atoms. The Hall–Kier alpha value is -3.55. The minimum atomic E-state index is -1.04. The lowest BCUT2D eigenvalue weighted by molar-refractivity contribution is -0.161. The van der Waals surface area contributed by atoms with Gasteiger partial charge in [-0.1, -0.05) is 30.9 Å². The summed E-state index contributed by atoms with van der Waals surface area (Å²) in [6, 6.07) is 5.38. The smallest absolute Gasteiger partial charge is 0.409 e. The number of likely N-dealkylation sites (N-methyl/N-ethyl adjacent to an activating group) is 1. The summed E-state index contributed by atoms with van der Waals surface area (Å²) in [6.45, 7) is 8.95. The average molecular weight is 456 g/mol. The Kier molecular flexibility index (Phi) is 6.95. The van der Waals surface area contributed by atoms with Gasteiger partial charge in [0.1, 0.15) is 12.7 Å². The molecule has 0 radical (unpaired) electrons. The van der Waals surface area contributed by atoms with Crippen LogP contribution in [0.25, 0.3) is 0 Å². The van der Waals surface area contributed by atoms with E-state index in [1.54, 1.807) is 52.1 Å². The quantitative estimate of drug-likeness (QED) is 0.459. The Labute approximate surface area is 193 Å². The highest BCUT2D eigenvalue weighted by molar-refractivity contribution is 6.01. The van der Waals surface area contributed by atoms with Gasteiger partial charge in [0.15, 0.2) is 17.3 Å². The maximum atomic E-state index is 12.9. The summed E-state index contributed by atoms with van der Waals surface area (Å²) < 4.78 is 22.1. The van der Waals surface area contributed by atoms with E-state index >= 15 is 0 Å². The Morgan fingerprint density at radius 2 is 1.88 bits per heavy atom. The second-order valence-electron chi connectivity index (χ2n) is 8.96. The maximum absolute atomic E-state index is 12.9. The van der Waals surface area contributed by atoms with Crippen LogP contribution in [-0.2, 0) is 24.5 Å². The number of esters is 1. The number of allylic oxidation sites excluding steroid dienone is 2. The summed E-state index contributed by atoms with van der Waals surface area (Å²) >= 11 is 0. The number of carbonyl (C=O) groups excluding carboxylic acids is 3. The molecule has 1 unspecified atom stereocenters. The number of hydrogen-bond donors (Lipinski definition) is 0. The van der Waals surface area contributed by atoms with E-state index in [1.165, 1.54) is 23.1 Å². The first-order valence-corrected chi connectivity index (χ1v) is 10.6. The molecule has 1 aliphatic carbocycles. The van der Waals surface area contributed by atoms with Crippen LogP contribution in [0, 0.1) is 5.41 Å². The van der Waals surface area contributed by atoms with E-state index in [2.05, 4.69) is 6.58 Å². The van der Waals surface area contributed by atoms with E-state index in [0.717, 1.165) is 0 Å². The number of rotatable bonds is 7. The standard InChI is InChI=1S/C25H29NO7/c1-6-13-30-23(29)26(5)15-21(33-22(28)24(2,3)4)25(11-9-18(27)10-12-25)17-7-8-19-20(14-17)32-16-31-19/h6-12,14,21H,1,13,15-16H2,2-5H3. The molecule has 8 heteroatoms. The van der Waals surface area contributed by atoms with E-state index in [0.29, 0.717) is 17.1 Å². The number of hydrogen-bond acceptors (Lipinski definition) is 7. The molecule has 176 valence electrons. The van der Waals surface area contributed by atoms with E-state index in [9.17, 15) is 14.4 Å². The number of ketones is 1. The van der Waals surface area contributed by atoms with Gasteiger partial charge in [0.2, 0.25) is 6.79 Å². The van der Waals surface area contributed by atoms with Crippen molar-refractivity contribution in [3.05, 3.63) is 60.7 Å². The van der Waals surface area contributed by atoms with Crippen molar-refractivity contribution in [3.63, 3.8) is 0 Å². The number of fused-ring (bicyclic) bond motifs is 1. The first-order valence-electron chi connectivity index (χ1n) is 10.6. The summed E-state index contributed by atoms with van der Waals surface area (Å²) in [5.74, 6) is 0.512. The Morgan fingerprint density at radius 1 is 1.21 bits per heavy atom. The molecule has 0 bridgehead atoms. The molecule has 0 fully saturated rings. The molecule has 1 aromatic rings. The summed E-state index contributed by atoms with van der Waals surface area (Å²) in [5.41, 5.74) is -1.11. The lowest BCUT2D eigenvalue weighted by Crippen LogP contribution is -2.49. The first kappa shape index (κ1) is 24.1. The normalized spacial score (nSPS) is 16.8. The maximum Gasteiger partial charge on any atom is 0.409 e. The molecule has 0 saturated carbocycles. The summed E-state index contributed by atoms with van der Waals surface area (Å²) in [5, 5.41) is 0. The molecule has 8 nitrogen and oxygen atoms in total. The van der Waals surface area contributed by atoms with Crippen molar-refractivity contribution < 1.29 is 33.3 Å². The molecule has 2 aliphatic rings. The fourth-order valence-electron chi connectivity index (χ4n) is 3.47. The highest BCUT2D eigenvalue weighted by atomic mass is 16.7. The van der Waals surface area contributed by atoms with Crippen LogP contribution in [0.5, 0.6) is 11.5 Å². The van der Waals surface area contributed by atoms with Gasteiger partial charge in [-0.15, -0.1) is 0 Å². The van der Waals surface area contributed by atoms with E-state index < -0.39 is 29.0 Å². The van der Waals surface area contributed by atoms with Crippen LogP contribution in [-0.4, -0.2) is 55.8 Å². The first-order chi connectivity index (χ1) is 15.6. The fraction of sp³-hybridized carbons (Fsp3) is 0.400. The zero-order valence-corrected chi connectivity index (χ0v) is 19.3. The molecule has 1 amide bonds. The minimum absolute atomic E-state index is 0.00904. The van der Waals surface area contributed by atoms with Crippen molar-refractivity contribution in [2.45, 2.75) is 32.3 Å². The van der Waals surface area contributed by atoms with Gasteiger partial charge in [-0.2, -0.15) is 0 Å². The number of nitrogens with zero attached hydrogens (tertiary/aromatic N) is 1. The molecule has 1 atom stereocenters. The van der Waals surface area contributed by atoms with Crippen molar-refractivity contribution in [3.8, 4) is 11.5 Å². The predicted octanol–water partition coefficient (Wildman–Crippen LogP) is 3.56. The van der Waals surface area contributed by atoms with E-state index in [4.69, 9.17) is 18.9 Å². The summed E-state index contributed by atoms with van der Waals surface area (Å²) in [6.07, 6.45) is 6.25. The van der Waals surface area contributed by atoms with Crippen LogP contribution in [0.2, 0.25) is 0 Å². The number of benzene rings is 1. The predicted molar refractivity (Wildman–Crippen MR) is 121 cm³/mol. The van der Waals surface area contributed by atoms with Gasteiger partial charge in [-0.25, -0.2) is 4.79 Å². The number of carbonyl (C=O) groups is 3. The topological polar surface area (TPSA) is 91.4 Å². The van der Waals surface area contributed by atoms with Crippen molar-refractivity contribution in [2.75, 3.05) is 27.0 Å². The van der Waals surface area contributed by atoms with Crippen LogP contribution in [0.1, 0.15) is 26.3 Å². The monoisotopic (exact) mass is 455 g/mol. The van der Waals surface area contributed by atoms with Crippen LogP contribution in [0.4, 0.5) is 4.79 Å². The van der Waals surface area contributed by atoms with Crippen LogP contribution in [0.15, 0.2) is 55.2 Å². The van der Waals surface area contributed by atoms with Gasteiger partial charge in [-0.3, -0.25) is 9.59 Å². The third-order valence-electron chi connectivity index (χ3n) is 5.39. The lowest BCUT2D eigenvalue weighted by Gasteiger charge is -2.39. The molecule has 3 rings (SSSR count). The lowest BCUT2D eigenvalue weighted by atomic mass is 9.72. The second-order valence-corrected chi connectivity index (χ2v) is 8.96. The fourth-order valence-corrected chi connectivity index (χ4v) is 3.47. The Morgan fingerprint density at radius 3 is 2.52 bits per heavy atom. The van der Waals surface area contributed by atoms with Crippen molar-refractivity contribution in [1.29, 1.82) is 0 Å². The van der Waals surface area contributed by atoms with Crippen LogP contribution in [0.3, 0.4) is 0 Å². The highest BCUT2D eigenvalue weighted by Gasteiger charge is 2.44. The molecular formula is C25H29NO7. The van der Waals surface area contributed by atoms with E-state index in [1.807, 2.05) is 6.07 Å². The molecule has 1 heterocycles. The Bertz CT molecular complexity index is 986. The second kappa shape index (κ2) is 9.52. The van der Waals surface area contributed by atoms with Gasteiger partial charge in [0.25, 0.3) is 0 Å². The highest BCUT2D eigenvalue weighted by Crippen LogP contribution is 2.42. The van der Waals surface area contributed by atoms with Gasteiger partial charge in [-0.05, 0) is 50.6 Å². The van der Waals surface area contributed by atoms with Gasteiger partial charge in [0, 0.05) is 7.05 Å². The number of amides is 1.